The van der Waals surface area contributed by atoms with Gasteiger partial charge in [0.2, 0.25) is 0 Å². The molecule has 0 aliphatic heterocycles. The van der Waals surface area contributed by atoms with Gasteiger partial charge in [-0.1, -0.05) is 26.3 Å². The van der Waals surface area contributed by atoms with Crippen molar-refractivity contribution in [1.29, 1.82) is 0 Å². The first-order valence-corrected chi connectivity index (χ1v) is 6.22. The predicted molar refractivity (Wildman–Crippen MR) is 60.5 cm³/mol. The molecule has 0 amide bonds. The van der Waals surface area contributed by atoms with Crippen LogP contribution in [0.3, 0.4) is 0 Å². The van der Waals surface area contributed by atoms with Crippen molar-refractivity contribution in [3.8, 4) is 0 Å². The zero-order chi connectivity index (χ0) is 10.8. The van der Waals surface area contributed by atoms with E-state index < -0.39 is 0 Å². The second kappa shape index (κ2) is 2.56. The first-order valence-electron chi connectivity index (χ1n) is 6.22. The van der Waals surface area contributed by atoms with Crippen LogP contribution in [0.25, 0.3) is 0 Å². The van der Waals surface area contributed by atoms with Crippen molar-refractivity contribution in [2.75, 3.05) is 0 Å². The molecule has 3 aliphatic carbocycles. The van der Waals surface area contributed by atoms with Crippen molar-refractivity contribution in [2.24, 2.45) is 16.7 Å². The normalized spacial score (nSPS) is 42.3. The van der Waals surface area contributed by atoms with Gasteiger partial charge in [0.15, 0.2) is 5.78 Å². The minimum atomic E-state index is 0.331. The maximum atomic E-state index is 11.8. The molecule has 3 aliphatic rings. The summed E-state index contributed by atoms with van der Waals surface area (Å²) in [5, 5.41) is 0. The minimum Gasteiger partial charge on any atom is -0.295 e. The number of carbonyl (C=O) groups is 1. The largest absolute Gasteiger partial charge is 0.295 e. The Morgan fingerprint density at radius 2 is 1.93 bits per heavy atom. The molecule has 1 saturated carbocycles. The van der Waals surface area contributed by atoms with Crippen LogP contribution in [0.15, 0.2) is 11.1 Å². The van der Waals surface area contributed by atoms with E-state index in [0.717, 1.165) is 25.2 Å². The van der Waals surface area contributed by atoms with Crippen LogP contribution in [0.5, 0.6) is 0 Å². The Morgan fingerprint density at radius 3 is 2.67 bits per heavy atom. The number of carbonyl (C=O) groups excluding carboxylic acids is 1. The van der Waals surface area contributed by atoms with E-state index in [2.05, 4.69) is 20.8 Å². The molecule has 0 aromatic heterocycles. The molecule has 2 bridgehead atoms. The highest BCUT2D eigenvalue weighted by molar-refractivity contribution is 5.99. The van der Waals surface area contributed by atoms with E-state index in [-0.39, 0.29) is 0 Å². The maximum absolute atomic E-state index is 11.8. The third-order valence-electron chi connectivity index (χ3n) is 5.86. The Labute approximate surface area is 91.9 Å². The molecular formula is C14H20O. The third kappa shape index (κ3) is 0.926. The van der Waals surface area contributed by atoms with E-state index in [1.54, 1.807) is 0 Å². The number of hydrogen-bond donors (Lipinski definition) is 0. The van der Waals surface area contributed by atoms with E-state index in [0.29, 0.717) is 16.6 Å². The molecule has 0 saturated heterocycles. The average Bonchev–Trinajstić information content (AvgIpc) is 2.55. The van der Waals surface area contributed by atoms with Crippen LogP contribution >= 0.6 is 0 Å². The molecule has 2 atom stereocenters. The van der Waals surface area contributed by atoms with Gasteiger partial charge >= 0.3 is 0 Å². The van der Waals surface area contributed by atoms with Gasteiger partial charge in [-0.25, -0.2) is 0 Å². The maximum Gasteiger partial charge on any atom is 0.159 e. The molecule has 15 heavy (non-hydrogen) atoms. The molecule has 1 heteroatoms. The summed E-state index contributed by atoms with van der Waals surface area (Å²) in [6.07, 6.45) is 5.56. The average molecular weight is 204 g/mol. The van der Waals surface area contributed by atoms with Crippen molar-refractivity contribution in [3.05, 3.63) is 11.1 Å². The van der Waals surface area contributed by atoms with E-state index in [1.807, 2.05) is 0 Å². The van der Waals surface area contributed by atoms with Crippen LogP contribution in [0.2, 0.25) is 0 Å². The summed E-state index contributed by atoms with van der Waals surface area (Å²) < 4.78 is 0. The lowest BCUT2D eigenvalue weighted by molar-refractivity contribution is -0.115. The summed E-state index contributed by atoms with van der Waals surface area (Å²) in [4.78, 5) is 11.8. The molecule has 0 heterocycles. The van der Waals surface area contributed by atoms with Crippen LogP contribution in [0.1, 0.15) is 52.9 Å². The van der Waals surface area contributed by atoms with Crippen molar-refractivity contribution >= 4 is 5.78 Å². The van der Waals surface area contributed by atoms with Gasteiger partial charge in [0.05, 0.1) is 0 Å². The lowest BCUT2D eigenvalue weighted by Gasteiger charge is -2.47. The molecule has 0 aromatic rings. The van der Waals surface area contributed by atoms with Crippen molar-refractivity contribution in [3.63, 3.8) is 0 Å². The number of hydrogen-bond acceptors (Lipinski definition) is 1. The Kier molecular flexibility index (Phi) is 1.64. The SMILES string of the molecule is CC1(C)[C@@H]2CC[C@@]1(C)C1=C(C2)C(=O)CC1. The molecule has 0 unspecified atom stereocenters. The van der Waals surface area contributed by atoms with Crippen molar-refractivity contribution < 1.29 is 4.79 Å². The summed E-state index contributed by atoms with van der Waals surface area (Å²) >= 11 is 0. The topological polar surface area (TPSA) is 17.1 Å². The molecule has 82 valence electrons. The lowest BCUT2D eigenvalue weighted by Crippen LogP contribution is -2.39. The summed E-state index contributed by atoms with van der Waals surface area (Å²) in [5.41, 5.74) is 3.51. The van der Waals surface area contributed by atoms with Gasteiger partial charge in [-0.05, 0) is 48.0 Å². The summed E-state index contributed by atoms with van der Waals surface area (Å²) in [5.74, 6) is 1.21. The zero-order valence-electron chi connectivity index (χ0n) is 10.0. The van der Waals surface area contributed by atoms with Crippen molar-refractivity contribution in [2.45, 2.75) is 52.9 Å². The first kappa shape index (κ1) is 9.62. The van der Waals surface area contributed by atoms with Gasteiger partial charge in [-0.3, -0.25) is 4.79 Å². The summed E-state index contributed by atoms with van der Waals surface area (Å²) in [6.45, 7) is 7.23. The Bertz CT molecular complexity index is 375. The number of rotatable bonds is 0. The molecule has 3 rings (SSSR count). The highest BCUT2D eigenvalue weighted by Crippen LogP contribution is 2.66. The molecule has 0 aromatic carbocycles. The Balaban J connectivity index is 2.17. The number of Topliss-reactive ketones (excluding diaryl/α,β-unsaturated/α-hetero) is 1. The number of allylic oxidation sites excluding steroid dienone is 2. The van der Waals surface area contributed by atoms with E-state index in [9.17, 15) is 4.79 Å². The van der Waals surface area contributed by atoms with Crippen LogP contribution in [-0.2, 0) is 4.79 Å². The van der Waals surface area contributed by atoms with Crippen LogP contribution in [0, 0.1) is 16.7 Å². The Hall–Kier alpha value is -0.590. The predicted octanol–water partition coefficient (Wildman–Crippen LogP) is 3.49. The third-order valence-corrected chi connectivity index (χ3v) is 5.86. The standard InChI is InChI=1S/C14H20O/c1-13(2)9-6-7-14(13,3)11-4-5-12(15)10(11)8-9/h9H,4-8H2,1-3H3/t9-,14+/m1/s1. The molecular weight excluding hydrogens is 184 g/mol. The molecule has 1 fully saturated rings. The van der Waals surface area contributed by atoms with Gasteiger partial charge < -0.3 is 0 Å². The smallest absolute Gasteiger partial charge is 0.159 e. The first-order chi connectivity index (χ1) is 6.97. The van der Waals surface area contributed by atoms with Gasteiger partial charge in [0.1, 0.15) is 0 Å². The minimum absolute atomic E-state index is 0.331. The Morgan fingerprint density at radius 1 is 1.20 bits per heavy atom. The van der Waals surface area contributed by atoms with Gasteiger partial charge in [-0.15, -0.1) is 0 Å². The second-order valence-electron chi connectivity index (χ2n) is 6.37. The highest BCUT2D eigenvalue weighted by Gasteiger charge is 2.58. The van der Waals surface area contributed by atoms with Crippen LogP contribution in [0.4, 0.5) is 0 Å². The van der Waals surface area contributed by atoms with Gasteiger partial charge in [0.25, 0.3) is 0 Å². The van der Waals surface area contributed by atoms with E-state index in [1.165, 1.54) is 24.0 Å². The van der Waals surface area contributed by atoms with Crippen LogP contribution < -0.4 is 0 Å². The molecule has 1 nitrogen and oxygen atoms in total. The fourth-order valence-corrected chi connectivity index (χ4v) is 4.29. The molecule has 0 N–H and O–H groups in total. The van der Waals surface area contributed by atoms with Crippen LogP contribution in [-0.4, -0.2) is 5.78 Å². The second-order valence-corrected chi connectivity index (χ2v) is 6.37. The molecule has 0 spiro atoms. The number of ketones is 1. The van der Waals surface area contributed by atoms with E-state index >= 15 is 0 Å². The van der Waals surface area contributed by atoms with Gasteiger partial charge in [-0.2, -0.15) is 0 Å². The fourth-order valence-electron chi connectivity index (χ4n) is 4.29. The summed E-state index contributed by atoms with van der Waals surface area (Å²) in [7, 11) is 0. The van der Waals surface area contributed by atoms with E-state index in [4.69, 9.17) is 0 Å². The number of fused-ring (bicyclic) bond motifs is 3. The van der Waals surface area contributed by atoms with Gasteiger partial charge in [0, 0.05) is 6.42 Å². The highest BCUT2D eigenvalue weighted by atomic mass is 16.1. The monoisotopic (exact) mass is 204 g/mol. The van der Waals surface area contributed by atoms with Crippen molar-refractivity contribution in [1.82, 2.24) is 0 Å². The fraction of sp³-hybridized carbons (Fsp3) is 0.786. The zero-order valence-corrected chi connectivity index (χ0v) is 10.0. The lowest BCUT2D eigenvalue weighted by atomic mass is 9.57. The quantitative estimate of drug-likeness (QED) is 0.590. The summed E-state index contributed by atoms with van der Waals surface area (Å²) in [6, 6.07) is 0. The molecule has 0 radical (unpaired) electrons.